The van der Waals surface area contributed by atoms with Gasteiger partial charge in [-0.05, 0) is 29.6 Å². The van der Waals surface area contributed by atoms with E-state index in [4.69, 9.17) is 11.6 Å². The maximum atomic E-state index is 10.5. The Kier molecular flexibility index (Phi) is 3.91. The van der Waals surface area contributed by atoms with Gasteiger partial charge in [-0.15, -0.1) is 11.3 Å². The first-order valence-corrected chi connectivity index (χ1v) is 6.20. The highest BCUT2D eigenvalue weighted by atomic mass is 35.5. The van der Waals surface area contributed by atoms with Crippen molar-refractivity contribution in [3.63, 3.8) is 0 Å². The summed E-state index contributed by atoms with van der Waals surface area (Å²) < 4.78 is 0. The van der Waals surface area contributed by atoms with Crippen LogP contribution in [0.4, 0.5) is 10.7 Å². The Hall–Kier alpha value is -1.92. The minimum absolute atomic E-state index is 0.0226. The highest BCUT2D eigenvalue weighted by Gasteiger charge is 2.06. The Labute approximate surface area is 112 Å². The second-order valence-electron chi connectivity index (χ2n) is 3.30. The van der Waals surface area contributed by atoms with Gasteiger partial charge in [-0.1, -0.05) is 11.6 Å². The molecule has 2 aromatic rings. The summed E-state index contributed by atoms with van der Waals surface area (Å²) in [6.45, 7) is 0. The van der Waals surface area contributed by atoms with E-state index in [9.17, 15) is 10.1 Å². The number of hydrogen-bond donors (Lipinski definition) is 1. The van der Waals surface area contributed by atoms with Crippen molar-refractivity contribution in [3.05, 3.63) is 57.5 Å². The number of halogens is 1. The number of nitro groups is 1. The van der Waals surface area contributed by atoms with Crippen LogP contribution in [0, 0.1) is 10.1 Å². The van der Waals surface area contributed by atoms with E-state index in [2.05, 4.69) is 10.5 Å². The van der Waals surface area contributed by atoms with Gasteiger partial charge in [0, 0.05) is 17.7 Å². The maximum Gasteiger partial charge on any atom is 0.269 e. The second kappa shape index (κ2) is 5.61. The molecule has 0 saturated heterocycles. The highest BCUT2D eigenvalue weighted by Crippen LogP contribution is 2.17. The monoisotopic (exact) mass is 281 g/mol. The zero-order chi connectivity index (χ0) is 13.0. The normalized spacial score (nSPS) is 11.3. The standard InChI is InChI=1S/C11H8ClN3O2S/c12-11(14-13-10-2-1-7-18-10)8-3-5-9(6-4-8)15(16)17/h1-7,13H/b14-11-. The fraction of sp³-hybridized carbons (Fsp3) is 0. The maximum absolute atomic E-state index is 10.5. The Balaban J connectivity index is 2.10. The summed E-state index contributed by atoms with van der Waals surface area (Å²) in [6, 6.07) is 9.65. The Bertz CT molecular complexity index is 566. The van der Waals surface area contributed by atoms with E-state index in [1.165, 1.54) is 23.5 Å². The Morgan fingerprint density at radius 2 is 2.06 bits per heavy atom. The summed E-state index contributed by atoms with van der Waals surface area (Å²) in [5.41, 5.74) is 3.44. The molecule has 18 heavy (non-hydrogen) atoms. The van der Waals surface area contributed by atoms with Crippen LogP contribution in [0.5, 0.6) is 0 Å². The van der Waals surface area contributed by atoms with Crippen molar-refractivity contribution in [2.24, 2.45) is 5.10 Å². The first-order chi connectivity index (χ1) is 8.66. The molecule has 0 aliphatic heterocycles. The first kappa shape index (κ1) is 12.5. The number of rotatable bonds is 4. The lowest BCUT2D eigenvalue weighted by Crippen LogP contribution is -1.96. The molecule has 0 unspecified atom stereocenters. The lowest BCUT2D eigenvalue weighted by Gasteiger charge is -1.99. The molecule has 0 fully saturated rings. The number of thiophene rings is 1. The van der Waals surface area contributed by atoms with Crippen LogP contribution in [0.3, 0.4) is 0 Å². The van der Waals surface area contributed by atoms with Crippen LogP contribution in [0.2, 0.25) is 0 Å². The predicted octanol–water partition coefficient (Wildman–Crippen LogP) is 3.67. The summed E-state index contributed by atoms with van der Waals surface area (Å²) in [6.07, 6.45) is 0. The van der Waals surface area contributed by atoms with Crippen LogP contribution in [-0.4, -0.2) is 10.1 Å². The summed E-state index contributed by atoms with van der Waals surface area (Å²) in [5, 5.41) is 17.5. The van der Waals surface area contributed by atoms with Gasteiger partial charge in [-0.2, -0.15) is 5.10 Å². The molecule has 0 spiro atoms. The fourth-order valence-electron chi connectivity index (χ4n) is 1.23. The van der Waals surface area contributed by atoms with E-state index in [0.717, 1.165) is 5.00 Å². The van der Waals surface area contributed by atoms with Gasteiger partial charge in [0.25, 0.3) is 5.69 Å². The molecule has 92 valence electrons. The number of nitro benzene ring substituents is 1. The van der Waals surface area contributed by atoms with Crippen molar-refractivity contribution in [1.82, 2.24) is 0 Å². The van der Waals surface area contributed by atoms with Crippen LogP contribution in [0.25, 0.3) is 0 Å². The molecule has 1 aromatic carbocycles. The zero-order valence-corrected chi connectivity index (χ0v) is 10.6. The molecule has 1 N–H and O–H groups in total. The van der Waals surface area contributed by atoms with Crippen molar-refractivity contribution in [3.8, 4) is 0 Å². The van der Waals surface area contributed by atoms with Crippen molar-refractivity contribution in [1.29, 1.82) is 0 Å². The lowest BCUT2D eigenvalue weighted by atomic mass is 10.2. The topological polar surface area (TPSA) is 67.5 Å². The molecule has 0 bridgehead atoms. The summed E-state index contributed by atoms with van der Waals surface area (Å²) in [5.74, 6) is 0. The molecular weight excluding hydrogens is 274 g/mol. The van der Waals surface area contributed by atoms with Crippen LogP contribution < -0.4 is 5.43 Å². The average molecular weight is 282 g/mol. The predicted molar refractivity (Wildman–Crippen MR) is 73.4 cm³/mol. The van der Waals surface area contributed by atoms with Gasteiger partial charge in [0.15, 0.2) is 5.17 Å². The summed E-state index contributed by atoms with van der Waals surface area (Å²) >= 11 is 7.48. The Morgan fingerprint density at radius 1 is 1.33 bits per heavy atom. The molecule has 1 heterocycles. The number of anilines is 1. The van der Waals surface area contributed by atoms with E-state index < -0.39 is 4.92 Å². The number of non-ortho nitro benzene ring substituents is 1. The van der Waals surface area contributed by atoms with Crippen molar-refractivity contribution >= 4 is 38.8 Å². The number of benzene rings is 1. The van der Waals surface area contributed by atoms with Gasteiger partial charge in [0.2, 0.25) is 0 Å². The molecule has 0 aliphatic carbocycles. The van der Waals surface area contributed by atoms with E-state index in [1.807, 2.05) is 17.5 Å². The van der Waals surface area contributed by atoms with Crippen molar-refractivity contribution in [2.45, 2.75) is 0 Å². The number of nitrogens with zero attached hydrogens (tertiary/aromatic N) is 2. The fourth-order valence-corrected chi connectivity index (χ4v) is 1.96. The number of hydrazone groups is 1. The molecule has 0 saturated carbocycles. The summed E-state index contributed by atoms with van der Waals surface area (Å²) in [4.78, 5) is 10.0. The van der Waals surface area contributed by atoms with Gasteiger partial charge < -0.3 is 0 Å². The number of nitrogens with one attached hydrogen (secondary N) is 1. The van der Waals surface area contributed by atoms with Gasteiger partial charge in [-0.25, -0.2) is 0 Å². The molecule has 0 aliphatic rings. The zero-order valence-electron chi connectivity index (χ0n) is 9.04. The molecule has 5 nitrogen and oxygen atoms in total. The van der Waals surface area contributed by atoms with Gasteiger partial charge >= 0.3 is 0 Å². The largest absolute Gasteiger partial charge is 0.269 e. The van der Waals surface area contributed by atoms with E-state index in [1.54, 1.807) is 12.1 Å². The van der Waals surface area contributed by atoms with Crippen LogP contribution in [-0.2, 0) is 0 Å². The molecule has 0 amide bonds. The quantitative estimate of drug-likeness (QED) is 0.528. The average Bonchev–Trinajstić information content (AvgIpc) is 2.89. The minimum atomic E-state index is -0.460. The molecule has 1 aromatic heterocycles. The molecule has 0 atom stereocenters. The van der Waals surface area contributed by atoms with Crippen LogP contribution >= 0.6 is 22.9 Å². The van der Waals surface area contributed by atoms with Gasteiger partial charge in [-0.3, -0.25) is 15.5 Å². The highest BCUT2D eigenvalue weighted by molar-refractivity contribution is 7.14. The van der Waals surface area contributed by atoms with Crippen molar-refractivity contribution < 1.29 is 4.92 Å². The lowest BCUT2D eigenvalue weighted by molar-refractivity contribution is -0.384. The van der Waals surface area contributed by atoms with E-state index >= 15 is 0 Å². The van der Waals surface area contributed by atoms with E-state index in [-0.39, 0.29) is 10.9 Å². The van der Waals surface area contributed by atoms with Crippen molar-refractivity contribution in [2.75, 3.05) is 5.43 Å². The molecule has 7 heteroatoms. The van der Waals surface area contributed by atoms with Crippen LogP contribution in [0.15, 0.2) is 46.9 Å². The third kappa shape index (κ3) is 3.06. The van der Waals surface area contributed by atoms with Gasteiger partial charge in [0.05, 0.1) is 4.92 Å². The third-order valence-corrected chi connectivity index (χ3v) is 3.18. The SMILES string of the molecule is O=[N+]([O-])c1ccc(/C(Cl)=N/Nc2cccs2)cc1. The smallest absolute Gasteiger partial charge is 0.267 e. The summed E-state index contributed by atoms with van der Waals surface area (Å²) in [7, 11) is 0. The number of hydrogen-bond acceptors (Lipinski definition) is 5. The van der Waals surface area contributed by atoms with E-state index in [0.29, 0.717) is 5.56 Å². The first-order valence-electron chi connectivity index (χ1n) is 4.94. The van der Waals surface area contributed by atoms with Crippen LogP contribution in [0.1, 0.15) is 5.56 Å². The Morgan fingerprint density at radius 3 is 2.61 bits per heavy atom. The molecular formula is C11H8ClN3O2S. The minimum Gasteiger partial charge on any atom is -0.267 e. The third-order valence-electron chi connectivity index (χ3n) is 2.10. The van der Waals surface area contributed by atoms with Gasteiger partial charge in [0.1, 0.15) is 5.00 Å². The molecule has 2 rings (SSSR count). The molecule has 0 radical (unpaired) electrons. The second-order valence-corrected chi connectivity index (χ2v) is 4.60.